The number of aromatic nitrogens is 1. The molecule has 14 heavy (non-hydrogen) atoms. The van der Waals surface area contributed by atoms with Gasteiger partial charge in [-0.2, -0.15) is 0 Å². The molecular weight excluding hydrogens is 192 g/mol. The van der Waals surface area contributed by atoms with Crippen molar-refractivity contribution in [3.63, 3.8) is 0 Å². The first-order valence-electron chi connectivity index (χ1n) is 4.85. The van der Waals surface area contributed by atoms with Gasteiger partial charge in [0.2, 0.25) is 0 Å². The highest BCUT2D eigenvalue weighted by atomic mass is 32.1. The summed E-state index contributed by atoms with van der Waals surface area (Å²) < 4.78 is 0. The number of fused-ring (bicyclic) bond motifs is 1. The van der Waals surface area contributed by atoms with Gasteiger partial charge in [-0.15, -0.1) is 11.3 Å². The molecule has 0 bridgehead atoms. The summed E-state index contributed by atoms with van der Waals surface area (Å²) in [6, 6.07) is 6.51. The maximum atomic E-state index is 3.45. The fourth-order valence-corrected chi connectivity index (χ4v) is 2.92. The SMILES string of the molecule is c1csc(C2CNCc3cc[nH]c32)c1. The zero-order chi connectivity index (χ0) is 9.38. The predicted molar refractivity (Wildman–Crippen MR) is 58.7 cm³/mol. The lowest BCUT2D eigenvalue weighted by atomic mass is 9.97. The fourth-order valence-electron chi connectivity index (χ4n) is 2.08. The highest BCUT2D eigenvalue weighted by Crippen LogP contribution is 2.31. The summed E-state index contributed by atoms with van der Waals surface area (Å²) in [5, 5.41) is 5.60. The van der Waals surface area contributed by atoms with Crippen molar-refractivity contribution in [1.82, 2.24) is 10.3 Å². The molecule has 3 heterocycles. The molecule has 0 saturated carbocycles. The van der Waals surface area contributed by atoms with E-state index in [9.17, 15) is 0 Å². The minimum Gasteiger partial charge on any atom is -0.364 e. The summed E-state index contributed by atoms with van der Waals surface area (Å²) in [5.41, 5.74) is 2.81. The Hall–Kier alpha value is -1.06. The lowest BCUT2D eigenvalue weighted by Crippen LogP contribution is -2.27. The Kier molecular flexibility index (Phi) is 1.92. The van der Waals surface area contributed by atoms with E-state index >= 15 is 0 Å². The molecule has 72 valence electrons. The number of nitrogens with one attached hydrogen (secondary N) is 2. The van der Waals surface area contributed by atoms with Crippen molar-refractivity contribution in [2.24, 2.45) is 0 Å². The molecule has 0 saturated heterocycles. The molecule has 0 amide bonds. The van der Waals surface area contributed by atoms with Gasteiger partial charge in [-0.3, -0.25) is 0 Å². The molecule has 1 aliphatic rings. The number of rotatable bonds is 1. The Labute approximate surface area is 87.0 Å². The van der Waals surface area contributed by atoms with Crippen LogP contribution in [0.1, 0.15) is 22.1 Å². The van der Waals surface area contributed by atoms with Gasteiger partial charge in [-0.25, -0.2) is 0 Å². The van der Waals surface area contributed by atoms with Gasteiger partial charge in [0.25, 0.3) is 0 Å². The Morgan fingerprint density at radius 1 is 1.36 bits per heavy atom. The van der Waals surface area contributed by atoms with Crippen molar-refractivity contribution >= 4 is 11.3 Å². The second-order valence-electron chi connectivity index (χ2n) is 3.62. The molecule has 2 aromatic rings. The zero-order valence-electron chi connectivity index (χ0n) is 7.79. The Balaban J connectivity index is 2.04. The summed E-state index contributed by atoms with van der Waals surface area (Å²) in [6.07, 6.45) is 2.04. The number of thiophene rings is 1. The summed E-state index contributed by atoms with van der Waals surface area (Å²) in [5.74, 6) is 0.522. The van der Waals surface area contributed by atoms with Crippen LogP contribution in [0.15, 0.2) is 29.8 Å². The van der Waals surface area contributed by atoms with Crippen molar-refractivity contribution in [1.29, 1.82) is 0 Å². The predicted octanol–water partition coefficient (Wildman–Crippen LogP) is 2.31. The van der Waals surface area contributed by atoms with Crippen molar-refractivity contribution < 1.29 is 0 Å². The maximum absolute atomic E-state index is 3.45. The lowest BCUT2D eigenvalue weighted by Gasteiger charge is -2.22. The van der Waals surface area contributed by atoms with E-state index in [0.29, 0.717) is 5.92 Å². The van der Waals surface area contributed by atoms with Crippen LogP contribution in [0.2, 0.25) is 0 Å². The fraction of sp³-hybridized carbons (Fsp3) is 0.273. The van der Waals surface area contributed by atoms with Crippen LogP contribution >= 0.6 is 11.3 Å². The first kappa shape index (κ1) is 8.26. The minimum atomic E-state index is 0.522. The van der Waals surface area contributed by atoms with Crippen LogP contribution in [0, 0.1) is 0 Å². The molecule has 0 fully saturated rings. The molecule has 1 atom stereocenters. The van der Waals surface area contributed by atoms with E-state index < -0.39 is 0 Å². The average molecular weight is 204 g/mol. The van der Waals surface area contributed by atoms with Crippen LogP contribution in [0.5, 0.6) is 0 Å². The third-order valence-electron chi connectivity index (χ3n) is 2.77. The number of H-pyrrole nitrogens is 1. The molecule has 2 aromatic heterocycles. The number of hydrogen-bond acceptors (Lipinski definition) is 2. The molecule has 3 heteroatoms. The van der Waals surface area contributed by atoms with Gasteiger partial charge in [0, 0.05) is 35.8 Å². The highest BCUT2D eigenvalue weighted by Gasteiger charge is 2.22. The molecular formula is C11H12N2S. The molecule has 2 nitrogen and oxygen atoms in total. The Bertz CT molecular complexity index is 416. The van der Waals surface area contributed by atoms with Crippen molar-refractivity contribution in [2.75, 3.05) is 6.54 Å². The van der Waals surface area contributed by atoms with Crippen LogP contribution in [0.4, 0.5) is 0 Å². The quantitative estimate of drug-likeness (QED) is 0.733. The van der Waals surface area contributed by atoms with E-state index in [1.807, 2.05) is 17.5 Å². The van der Waals surface area contributed by atoms with E-state index in [1.165, 1.54) is 16.1 Å². The van der Waals surface area contributed by atoms with E-state index in [-0.39, 0.29) is 0 Å². The molecule has 0 aromatic carbocycles. The van der Waals surface area contributed by atoms with Gasteiger partial charge >= 0.3 is 0 Å². The maximum Gasteiger partial charge on any atom is 0.0462 e. The van der Waals surface area contributed by atoms with Crippen LogP contribution < -0.4 is 5.32 Å². The number of hydrogen-bond donors (Lipinski definition) is 2. The molecule has 0 radical (unpaired) electrons. The molecule has 0 spiro atoms. The van der Waals surface area contributed by atoms with Crippen molar-refractivity contribution in [2.45, 2.75) is 12.5 Å². The molecule has 3 rings (SSSR count). The Morgan fingerprint density at radius 2 is 2.36 bits per heavy atom. The molecule has 1 unspecified atom stereocenters. The molecule has 0 aliphatic carbocycles. The van der Waals surface area contributed by atoms with Crippen LogP contribution in [0.25, 0.3) is 0 Å². The average Bonchev–Trinajstić information content (AvgIpc) is 2.88. The normalized spacial score (nSPS) is 20.7. The monoisotopic (exact) mass is 204 g/mol. The van der Waals surface area contributed by atoms with Gasteiger partial charge in [-0.1, -0.05) is 6.07 Å². The van der Waals surface area contributed by atoms with E-state index in [2.05, 4.69) is 33.9 Å². The third-order valence-corrected chi connectivity index (χ3v) is 3.75. The molecule has 1 aliphatic heterocycles. The van der Waals surface area contributed by atoms with Gasteiger partial charge in [0.1, 0.15) is 0 Å². The van der Waals surface area contributed by atoms with Crippen molar-refractivity contribution in [3.05, 3.63) is 45.9 Å². The summed E-state index contributed by atoms with van der Waals surface area (Å²) in [6.45, 7) is 2.05. The summed E-state index contributed by atoms with van der Waals surface area (Å²) in [7, 11) is 0. The van der Waals surface area contributed by atoms with Gasteiger partial charge in [-0.05, 0) is 23.1 Å². The van der Waals surface area contributed by atoms with E-state index in [4.69, 9.17) is 0 Å². The third kappa shape index (κ3) is 1.21. The summed E-state index contributed by atoms with van der Waals surface area (Å²) >= 11 is 1.84. The highest BCUT2D eigenvalue weighted by molar-refractivity contribution is 7.10. The number of aromatic amines is 1. The van der Waals surface area contributed by atoms with Crippen LogP contribution in [0.3, 0.4) is 0 Å². The van der Waals surface area contributed by atoms with E-state index in [1.54, 1.807) is 0 Å². The smallest absolute Gasteiger partial charge is 0.0462 e. The lowest BCUT2D eigenvalue weighted by molar-refractivity contribution is 0.589. The first-order chi connectivity index (χ1) is 6.95. The largest absolute Gasteiger partial charge is 0.364 e. The second kappa shape index (κ2) is 3.26. The van der Waals surface area contributed by atoms with Gasteiger partial charge < -0.3 is 10.3 Å². The topological polar surface area (TPSA) is 27.8 Å². The van der Waals surface area contributed by atoms with E-state index in [0.717, 1.165) is 13.1 Å². The molecule has 2 N–H and O–H groups in total. The van der Waals surface area contributed by atoms with Gasteiger partial charge in [0.15, 0.2) is 0 Å². The van der Waals surface area contributed by atoms with Crippen LogP contribution in [-0.4, -0.2) is 11.5 Å². The second-order valence-corrected chi connectivity index (χ2v) is 4.59. The zero-order valence-corrected chi connectivity index (χ0v) is 8.60. The standard InChI is InChI=1S/C11H12N2S/c1-2-10(14-5-1)9-7-12-6-8-3-4-13-11(8)9/h1-5,9,12-13H,6-7H2. The van der Waals surface area contributed by atoms with Crippen LogP contribution in [-0.2, 0) is 6.54 Å². The van der Waals surface area contributed by atoms with Crippen molar-refractivity contribution in [3.8, 4) is 0 Å². The Morgan fingerprint density at radius 3 is 3.21 bits per heavy atom. The minimum absolute atomic E-state index is 0.522. The van der Waals surface area contributed by atoms with Gasteiger partial charge in [0.05, 0.1) is 0 Å². The summed E-state index contributed by atoms with van der Waals surface area (Å²) in [4.78, 5) is 4.81. The first-order valence-corrected chi connectivity index (χ1v) is 5.73.